The number of hydrogen-bond acceptors (Lipinski definition) is 5. The van der Waals surface area contributed by atoms with Crippen molar-refractivity contribution >= 4 is 11.9 Å². The highest BCUT2D eigenvalue weighted by Gasteiger charge is 2.32. The van der Waals surface area contributed by atoms with Gasteiger partial charge in [0.15, 0.2) is 5.82 Å². The van der Waals surface area contributed by atoms with E-state index in [-0.39, 0.29) is 0 Å². The van der Waals surface area contributed by atoms with Crippen LogP contribution < -0.4 is 10.1 Å². The molecule has 1 aromatic rings. The third kappa shape index (κ3) is 4.06. The number of hydrogen-bond donors (Lipinski definition) is 1. The van der Waals surface area contributed by atoms with Crippen LogP contribution >= 0.6 is 0 Å². The third-order valence-corrected chi connectivity index (χ3v) is 3.20. The molecular weight excluding hydrogens is 270 g/mol. The number of ether oxygens (including phenoxy) is 2. The summed E-state index contributed by atoms with van der Waals surface area (Å²) in [5.74, 6) is 1.58. The van der Waals surface area contributed by atoms with E-state index >= 15 is 0 Å². The normalized spacial score (nSPS) is 18.2. The van der Waals surface area contributed by atoms with Crippen LogP contribution in [0.3, 0.4) is 0 Å². The molecule has 2 aliphatic rings. The summed E-state index contributed by atoms with van der Waals surface area (Å²) in [5, 5.41) is 10.9. The molecule has 0 unspecified atom stereocenters. The Morgan fingerprint density at radius 1 is 1.24 bits per heavy atom. The first-order chi connectivity index (χ1) is 9.90. The van der Waals surface area contributed by atoms with Crippen molar-refractivity contribution in [2.24, 2.45) is 0 Å². The van der Waals surface area contributed by atoms with E-state index in [4.69, 9.17) is 9.47 Å². The molecule has 1 heterocycles. The molecule has 114 valence electrons. The monoisotopic (exact) mass is 291 g/mol. The zero-order chi connectivity index (χ0) is 15.0. The number of amides is 1. The van der Waals surface area contributed by atoms with E-state index in [1.165, 1.54) is 0 Å². The highest BCUT2D eigenvalue weighted by molar-refractivity contribution is 5.83. The first-order valence-corrected chi connectivity index (χ1v) is 7.45. The van der Waals surface area contributed by atoms with Crippen molar-refractivity contribution in [1.29, 1.82) is 0 Å². The van der Waals surface area contributed by atoms with Gasteiger partial charge >= 0.3 is 6.09 Å². The standard InChI is InChI=1S/C15H21N3O3/c1-15(2,3)21-14(19)16-12-8-11(20-10-6-7-10)13(18-17-12)9-4-5-9/h8-10H,4-7H2,1-3H3,(H,16,17,19). The lowest BCUT2D eigenvalue weighted by Gasteiger charge is -2.19. The minimum atomic E-state index is -0.543. The number of aromatic nitrogens is 2. The second kappa shape index (κ2) is 5.16. The Bertz CT molecular complexity index is 546. The molecule has 1 aromatic heterocycles. The van der Waals surface area contributed by atoms with E-state index in [2.05, 4.69) is 15.5 Å². The minimum absolute atomic E-state index is 0.293. The molecule has 2 fully saturated rings. The molecule has 0 radical (unpaired) electrons. The van der Waals surface area contributed by atoms with E-state index in [9.17, 15) is 4.79 Å². The number of rotatable bonds is 4. The van der Waals surface area contributed by atoms with Gasteiger partial charge in [0.05, 0.1) is 6.10 Å². The zero-order valence-electron chi connectivity index (χ0n) is 12.7. The lowest BCUT2D eigenvalue weighted by atomic mass is 10.2. The summed E-state index contributed by atoms with van der Waals surface area (Å²) in [6.45, 7) is 5.45. The Morgan fingerprint density at radius 2 is 1.95 bits per heavy atom. The summed E-state index contributed by atoms with van der Waals surface area (Å²) in [6.07, 6.45) is 4.19. The molecule has 0 atom stereocenters. The molecule has 2 saturated carbocycles. The molecule has 0 aliphatic heterocycles. The van der Waals surface area contributed by atoms with Gasteiger partial charge < -0.3 is 9.47 Å². The van der Waals surface area contributed by atoms with Gasteiger partial charge in [0.25, 0.3) is 0 Å². The fourth-order valence-electron chi connectivity index (χ4n) is 1.95. The lowest BCUT2D eigenvalue weighted by Crippen LogP contribution is -2.27. The summed E-state index contributed by atoms with van der Waals surface area (Å²) in [4.78, 5) is 11.8. The predicted octanol–water partition coefficient (Wildman–Crippen LogP) is 3.24. The molecule has 1 N–H and O–H groups in total. The Balaban J connectivity index is 1.71. The van der Waals surface area contributed by atoms with E-state index in [0.717, 1.165) is 37.1 Å². The molecular formula is C15H21N3O3. The van der Waals surface area contributed by atoms with Gasteiger partial charge in [-0.15, -0.1) is 10.2 Å². The molecule has 0 aromatic carbocycles. The van der Waals surface area contributed by atoms with Gasteiger partial charge in [0.1, 0.15) is 17.0 Å². The summed E-state index contributed by atoms with van der Waals surface area (Å²) in [7, 11) is 0. The maximum Gasteiger partial charge on any atom is 0.413 e. The van der Waals surface area contributed by atoms with Crippen molar-refractivity contribution in [3.63, 3.8) is 0 Å². The van der Waals surface area contributed by atoms with Crippen molar-refractivity contribution in [3.8, 4) is 5.75 Å². The van der Waals surface area contributed by atoms with E-state index in [1.807, 2.05) is 20.8 Å². The van der Waals surface area contributed by atoms with Gasteiger partial charge in [0, 0.05) is 12.0 Å². The fourth-order valence-corrected chi connectivity index (χ4v) is 1.95. The SMILES string of the molecule is CC(C)(C)OC(=O)Nc1cc(OC2CC2)c(C2CC2)nn1. The number of carbonyl (C=O) groups is 1. The van der Waals surface area contributed by atoms with Crippen molar-refractivity contribution in [2.45, 2.75) is 64.1 Å². The molecule has 6 nitrogen and oxygen atoms in total. The quantitative estimate of drug-likeness (QED) is 0.921. The number of nitrogens with zero attached hydrogens (tertiary/aromatic N) is 2. The molecule has 21 heavy (non-hydrogen) atoms. The summed E-state index contributed by atoms with van der Waals surface area (Å²) in [6, 6.07) is 1.75. The predicted molar refractivity (Wildman–Crippen MR) is 77.5 cm³/mol. The van der Waals surface area contributed by atoms with E-state index in [0.29, 0.717) is 17.8 Å². The third-order valence-electron chi connectivity index (χ3n) is 3.20. The van der Waals surface area contributed by atoms with Crippen LogP contribution in [0.2, 0.25) is 0 Å². The molecule has 1 amide bonds. The molecule has 6 heteroatoms. The Labute approximate surface area is 124 Å². The smallest absolute Gasteiger partial charge is 0.413 e. The van der Waals surface area contributed by atoms with Crippen LogP contribution in [0.1, 0.15) is 58.1 Å². The average Bonchev–Trinajstić information content (AvgIpc) is 3.21. The average molecular weight is 291 g/mol. The molecule has 2 aliphatic carbocycles. The molecule has 0 bridgehead atoms. The van der Waals surface area contributed by atoms with Crippen molar-refractivity contribution in [3.05, 3.63) is 11.8 Å². The van der Waals surface area contributed by atoms with Crippen LogP contribution in [-0.4, -0.2) is 28.0 Å². The fraction of sp³-hybridized carbons (Fsp3) is 0.667. The van der Waals surface area contributed by atoms with E-state index < -0.39 is 11.7 Å². The van der Waals surface area contributed by atoms with Crippen LogP contribution in [-0.2, 0) is 4.74 Å². The maximum absolute atomic E-state index is 11.8. The highest BCUT2D eigenvalue weighted by atomic mass is 16.6. The van der Waals surface area contributed by atoms with Gasteiger partial charge in [-0.3, -0.25) is 5.32 Å². The Morgan fingerprint density at radius 3 is 2.52 bits per heavy atom. The van der Waals surface area contributed by atoms with E-state index in [1.54, 1.807) is 6.07 Å². The maximum atomic E-state index is 11.8. The second-order valence-corrected chi connectivity index (χ2v) is 6.70. The minimum Gasteiger partial charge on any atom is -0.488 e. The number of nitrogens with one attached hydrogen (secondary N) is 1. The van der Waals surface area contributed by atoms with Crippen molar-refractivity contribution in [1.82, 2.24) is 10.2 Å². The first-order valence-electron chi connectivity index (χ1n) is 7.45. The number of anilines is 1. The van der Waals surface area contributed by atoms with Crippen LogP contribution in [0.15, 0.2) is 6.07 Å². The van der Waals surface area contributed by atoms with Gasteiger partial charge in [-0.25, -0.2) is 4.79 Å². The van der Waals surface area contributed by atoms with Crippen LogP contribution in [0.5, 0.6) is 5.75 Å². The summed E-state index contributed by atoms with van der Waals surface area (Å²) < 4.78 is 11.1. The Kier molecular flexibility index (Phi) is 3.47. The van der Waals surface area contributed by atoms with Crippen molar-refractivity contribution < 1.29 is 14.3 Å². The van der Waals surface area contributed by atoms with Crippen LogP contribution in [0, 0.1) is 0 Å². The Hall–Kier alpha value is -1.85. The van der Waals surface area contributed by atoms with Gasteiger partial charge in [0.2, 0.25) is 0 Å². The first kappa shape index (κ1) is 14.1. The van der Waals surface area contributed by atoms with Gasteiger partial charge in [-0.1, -0.05) is 0 Å². The lowest BCUT2D eigenvalue weighted by molar-refractivity contribution is 0.0635. The zero-order valence-corrected chi connectivity index (χ0v) is 12.7. The molecule has 0 spiro atoms. The van der Waals surface area contributed by atoms with Crippen LogP contribution in [0.4, 0.5) is 10.6 Å². The number of carbonyl (C=O) groups excluding carboxylic acids is 1. The molecule has 3 rings (SSSR count). The van der Waals surface area contributed by atoms with Crippen LogP contribution in [0.25, 0.3) is 0 Å². The topological polar surface area (TPSA) is 73.3 Å². The summed E-state index contributed by atoms with van der Waals surface area (Å²) >= 11 is 0. The summed E-state index contributed by atoms with van der Waals surface area (Å²) in [5.41, 5.74) is 0.371. The van der Waals surface area contributed by atoms with Gasteiger partial charge in [-0.05, 0) is 46.5 Å². The largest absolute Gasteiger partial charge is 0.488 e. The van der Waals surface area contributed by atoms with Gasteiger partial charge in [-0.2, -0.15) is 0 Å². The van der Waals surface area contributed by atoms with Crippen molar-refractivity contribution in [2.75, 3.05) is 5.32 Å². The second-order valence-electron chi connectivity index (χ2n) is 6.70. The molecule has 0 saturated heterocycles. The highest BCUT2D eigenvalue weighted by Crippen LogP contribution is 2.44.